The summed E-state index contributed by atoms with van der Waals surface area (Å²) in [5, 5.41) is 9.31. The van der Waals surface area contributed by atoms with Crippen molar-refractivity contribution >= 4 is 22.4 Å². The van der Waals surface area contributed by atoms with Gasteiger partial charge in [-0.3, -0.25) is 4.55 Å². The Labute approximate surface area is 103 Å². The van der Waals surface area contributed by atoms with Crippen molar-refractivity contribution in [2.75, 3.05) is 7.11 Å². The van der Waals surface area contributed by atoms with Gasteiger partial charge in [-0.05, 0) is 23.8 Å². The van der Waals surface area contributed by atoms with E-state index in [0.29, 0.717) is 5.56 Å². The summed E-state index contributed by atoms with van der Waals surface area (Å²) in [5.41, 5.74) is 0.372. The predicted octanol–water partition coefficient (Wildman–Crippen LogP) is 0.760. The molecule has 0 radical (unpaired) electrons. The van der Waals surface area contributed by atoms with E-state index >= 15 is 0 Å². The molecular weight excluding hydrogens is 264 g/mol. The number of methoxy groups -OCH3 is 1. The fourth-order valence-corrected chi connectivity index (χ4v) is 1.41. The van der Waals surface area contributed by atoms with Gasteiger partial charge in [0.15, 0.2) is 11.5 Å². The number of aromatic hydroxyl groups is 1. The highest BCUT2D eigenvalue weighted by atomic mass is 32.3. The van der Waals surface area contributed by atoms with Crippen molar-refractivity contribution in [2.24, 2.45) is 0 Å². The molecule has 0 aliphatic heterocycles. The lowest BCUT2D eigenvalue weighted by Gasteiger charge is -2.04. The molecule has 8 heteroatoms. The number of rotatable bonds is 4. The zero-order chi connectivity index (χ0) is 13.8. The molecule has 0 atom stereocenters. The maximum atomic E-state index is 10.8. The van der Waals surface area contributed by atoms with Crippen molar-refractivity contribution in [3.8, 4) is 11.5 Å². The van der Waals surface area contributed by atoms with E-state index in [1.54, 1.807) is 0 Å². The third-order valence-electron chi connectivity index (χ3n) is 1.79. The fourth-order valence-electron chi connectivity index (χ4n) is 1.05. The minimum absolute atomic E-state index is 0.372. The van der Waals surface area contributed by atoms with Crippen molar-refractivity contribution in [1.29, 1.82) is 0 Å². The fraction of sp³-hybridized carbons (Fsp3) is 0.100. The molecule has 0 unspecified atom stereocenters. The molecule has 1 rings (SSSR count). The maximum absolute atomic E-state index is 10.8. The molecule has 0 spiro atoms. The Kier molecular flexibility index (Phi) is 4.29. The summed E-state index contributed by atoms with van der Waals surface area (Å²) < 4.78 is 38.0. The highest BCUT2D eigenvalue weighted by molar-refractivity contribution is 7.81. The van der Waals surface area contributed by atoms with Crippen LogP contribution in [0.2, 0.25) is 0 Å². The van der Waals surface area contributed by atoms with Gasteiger partial charge in [0, 0.05) is 6.08 Å². The highest BCUT2D eigenvalue weighted by Crippen LogP contribution is 2.28. The lowest BCUT2D eigenvalue weighted by molar-refractivity contribution is -0.134. The topological polar surface area (TPSA) is 110 Å². The smallest absolute Gasteiger partial charge is 0.446 e. The summed E-state index contributed by atoms with van der Waals surface area (Å²) in [7, 11) is -3.52. The zero-order valence-electron chi connectivity index (χ0n) is 9.23. The molecule has 98 valence electrons. The summed E-state index contributed by atoms with van der Waals surface area (Å²) in [4.78, 5) is 10.8. The number of benzene rings is 1. The molecule has 1 aromatic rings. The van der Waals surface area contributed by atoms with Crippen LogP contribution in [-0.2, 0) is 19.9 Å². The average molecular weight is 274 g/mol. The molecule has 0 aliphatic rings. The second kappa shape index (κ2) is 5.52. The first-order chi connectivity index (χ1) is 8.31. The van der Waals surface area contributed by atoms with Crippen molar-refractivity contribution in [3.05, 3.63) is 29.8 Å². The van der Waals surface area contributed by atoms with Gasteiger partial charge in [0.05, 0.1) is 7.11 Å². The first-order valence-electron chi connectivity index (χ1n) is 4.58. The van der Waals surface area contributed by atoms with Crippen LogP contribution < -0.4 is 4.18 Å². The van der Waals surface area contributed by atoms with Crippen molar-refractivity contribution in [2.45, 2.75) is 0 Å². The average Bonchev–Trinajstić information content (AvgIpc) is 2.28. The summed E-state index contributed by atoms with van der Waals surface area (Å²) >= 11 is 0. The Morgan fingerprint density at radius 1 is 1.39 bits per heavy atom. The van der Waals surface area contributed by atoms with Crippen molar-refractivity contribution in [1.82, 2.24) is 0 Å². The van der Waals surface area contributed by atoms with Crippen LogP contribution in [0.4, 0.5) is 0 Å². The minimum atomic E-state index is -4.73. The summed E-state index contributed by atoms with van der Waals surface area (Å²) in [6.45, 7) is 0. The number of carbonyl (C=O) groups is 1. The molecule has 0 saturated heterocycles. The van der Waals surface area contributed by atoms with E-state index in [-0.39, 0.29) is 0 Å². The Hall–Kier alpha value is -2.06. The minimum Gasteiger partial charge on any atom is -0.504 e. The van der Waals surface area contributed by atoms with E-state index in [9.17, 15) is 18.3 Å². The van der Waals surface area contributed by atoms with Gasteiger partial charge in [-0.15, -0.1) is 0 Å². The van der Waals surface area contributed by atoms with Gasteiger partial charge in [0.25, 0.3) is 0 Å². The monoisotopic (exact) mass is 274 g/mol. The van der Waals surface area contributed by atoms with Gasteiger partial charge < -0.3 is 14.0 Å². The number of phenolic OH excluding ortho intramolecular Hbond substituents is 1. The number of phenols is 1. The summed E-state index contributed by atoms with van der Waals surface area (Å²) in [6.07, 6.45) is 2.42. The van der Waals surface area contributed by atoms with Gasteiger partial charge in [-0.2, -0.15) is 8.42 Å². The molecule has 0 bridgehead atoms. The van der Waals surface area contributed by atoms with Crippen LogP contribution in [0, 0.1) is 0 Å². The summed E-state index contributed by atoms with van der Waals surface area (Å²) in [6, 6.07) is 3.69. The Balaban J connectivity index is 3.01. The second-order valence-corrected chi connectivity index (χ2v) is 4.12. The van der Waals surface area contributed by atoms with Gasteiger partial charge >= 0.3 is 16.4 Å². The second-order valence-electron chi connectivity index (χ2n) is 3.09. The van der Waals surface area contributed by atoms with E-state index in [4.69, 9.17) is 4.55 Å². The van der Waals surface area contributed by atoms with Crippen LogP contribution in [0.25, 0.3) is 6.08 Å². The molecule has 7 nitrogen and oxygen atoms in total. The molecule has 0 aliphatic carbocycles. The predicted molar refractivity (Wildman–Crippen MR) is 61.3 cm³/mol. The number of hydrogen-bond donors (Lipinski definition) is 2. The summed E-state index contributed by atoms with van der Waals surface area (Å²) in [5.74, 6) is -1.52. The number of carbonyl (C=O) groups excluding carboxylic acids is 1. The Bertz CT molecular complexity index is 574. The molecule has 0 fully saturated rings. The molecule has 18 heavy (non-hydrogen) atoms. The van der Waals surface area contributed by atoms with E-state index < -0.39 is 27.9 Å². The third kappa shape index (κ3) is 4.44. The number of ether oxygens (including phenoxy) is 1. The van der Waals surface area contributed by atoms with E-state index in [1.807, 2.05) is 0 Å². The van der Waals surface area contributed by atoms with Crippen LogP contribution in [0.1, 0.15) is 5.56 Å². The van der Waals surface area contributed by atoms with Crippen molar-refractivity contribution < 1.29 is 31.8 Å². The standard InChI is InChI=1S/C10H10O7S/c1-16-10(12)5-3-7-2-4-8(11)9(6-7)17-18(13,14)15/h2-6,11H,1H3,(H,13,14,15). The van der Waals surface area contributed by atoms with Crippen LogP contribution in [0.3, 0.4) is 0 Å². The number of hydrogen-bond acceptors (Lipinski definition) is 6. The highest BCUT2D eigenvalue weighted by Gasteiger charge is 2.11. The molecule has 0 saturated carbocycles. The number of esters is 1. The van der Waals surface area contributed by atoms with Crippen LogP contribution >= 0.6 is 0 Å². The molecule has 0 aromatic heterocycles. The lowest BCUT2D eigenvalue weighted by atomic mass is 10.2. The van der Waals surface area contributed by atoms with Crippen LogP contribution in [0.5, 0.6) is 11.5 Å². The first kappa shape index (κ1) is 14.0. The maximum Gasteiger partial charge on any atom is 0.446 e. The lowest BCUT2D eigenvalue weighted by Crippen LogP contribution is -2.06. The van der Waals surface area contributed by atoms with Crippen LogP contribution in [0.15, 0.2) is 24.3 Å². The SMILES string of the molecule is COC(=O)C=Cc1ccc(O)c(OS(=O)(=O)O)c1. The van der Waals surface area contributed by atoms with Gasteiger partial charge in [-0.1, -0.05) is 6.07 Å². The largest absolute Gasteiger partial charge is 0.504 e. The molecule has 0 heterocycles. The normalized spacial score (nSPS) is 11.4. The molecule has 1 aromatic carbocycles. The van der Waals surface area contributed by atoms with E-state index in [0.717, 1.165) is 18.2 Å². The van der Waals surface area contributed by atoms with Crippen molar-refractivity contribution in [3.63, 3.8) is 0 Å². The van der Waals surface area contributed by atoms with E-state index in [2.05, 4.69) is 8.92 Å². The van der Waals surface area contributed by atoms with Crippen LogP contribution in [-0.4, -0.2) is 31.2 Å². The Morgan fingerprint density at radius 3 is 2.61 bits per heavy atom. The quantitative estimate of drug-likeness (QED) is 0.473. The third-order valence-corrected chi connectivity index (χ3v) is 2.18. The van der Waals surface area contributed by atoms with E-state index in [1.165, 1.54) is 19.3 Å². The first-order valence-corrected chi connectivity index (χ1v) is 5.94. The van der Waals surface area contributed by atoms with Gasteiger partial charge in [0.2, 0.25) is 0 Å². The van der Waals surface area contributed by atoms with Gasteiger partial charge in [0.1, 0.15) is 0 Å². The zero-order valence-corrected chi connectivity index (χ0v) is 10.0. The van der Waals surface area contributed by atoms with Gasteiger partial charge in [-0.25, -0.2) is 4.79 Å². The Morgan fingerprint density at radius 2 is 2.06 bits per heavy atom. The molecule has 0 amide bonds. The molecule has 2 N–H and O–H groups in total. The molecular formula is C10H10O7S.